The normalized spacial score (nSPS) is 11.4. The van der Waals surface area contributed by atoms with E-state index in [1.165, 1.54) is 65.7 Å². The highest BCUT2D eigenvalue weighted by Crippen LogP contribution is 2.44. The van der Waals surface area contributed by atoms with E-state index in [9.17, 15) is 5.11 Å². The predicted octanol–water partition coefficient (Wildman–Crippen LogP) is 13.5. The fourth-order valence-electron chi connectivity index (χ4n) is 7.57. The molecule has 9 rings (SSSR count). The third-order valence-corrected chi connectivity index (χ3v) is 10.1. The van der Waals surface area contributed by atoms with Gasteiger partial charge in [0.2, 0.25) is 0 Å². The van der Waals surface area contributed by atoms with E-state index in [1.54, 1.807) is 6.07 Å². The van der Waals surface area contributed by atoms with E-state index >= 15 is 0 Å². The number of phenolic OH excluding ortho intramolecular Hbond substituents is 1. The lowest BCUT2D eigenvalue weighted by Gasteiger charge is -2.18. The molecule has 50 heavy (non-hydrogen) atoms. The van der Waals surface area contributed by atoms with Crippen molar-refractivity contribution in [1.29, 1.82) is 0 Å². The van der Waals surface area contributed by atoms with Crippen molar-refractivity contribution in [2.75, 3.05) is 0 Å². The minimum absolute atomic E-state index is 0.297. The number of fused-ring (bicyclic) bond motifs is 3. The minimum Gasteiger partial charge on any atom is -0.507 e. The Labute approximate surface area is 292 Å². The second kappa shape index (κ2) is 12.2. The molecule has 0 aliphatic rings. The van der Waals surface area contributed by atoms with Crippen LogP contribution in [0.5, 0.6) is 5.75 Å². The van der Waals surface area contributed by atoms with Crippen molar-refractivity contribution in [1.82, 2.24) is 0 Å². The number of benzene rings is 9. The third kappa shape index (κ3) is 5.12. The molecule has 9 aromatic carbocycles. The van der Waals surface area contributed by atoms with Crippen LogP contribution in [0.2, 0.25) is 0 Å². The van der Waals surface area contributed by atoms with E-state index in [0.717, 1.165) is 27.8 Å². The summed E-state index contributed by atoms with van der Waals surface area (Å²) in [6.07, 6.45) is 0. The molecule has 0 unspecified atom stereocenters. The van der Waals surface area contributed by atoms with Crippen LogP contribution in [-0.4, -0.2) is 5.11 Å². The van der Waals surface area contributed by atoms with Crippen LogP contribution < -0.4 is 0 Å². The molecule has 236 valence electrons. The molecule has 0 bridgehead atoms. The van der Waals surface area contributed by atoms with E-state index in [4.69, 9.17) is 0 Å². The summed E-state index contributed by atoms with van der Waals surface area (Å²) in [6, 6.07) is 64.9. The number of hydrogen-bond donors (Lipinski definition) is 1. The van der Waals surface area contributed by atoms with Crippen molar-refractivity contribution >= 4 is 32.3 Å². The summed E-state index contributed by atoms with van der Waals surface area (Å²) in [7, 11) is 0. The molecular weight excluding hydrogens is 605 g/mol. The first-order chi connectivity index (χ1) is 24.6. The molecule has 1 nitrogen and oxygen atoms in total. The summed E-state index contributed by atoms with van der Waals surface area (Å²) < 4.78 is 0. The second-order valence-corrected chi connectivity index (χ2v) is 13.1. The van der Waals surface area contributed by atoms with Crippen LogP contribution in [0.1, 0.15) is 5.56 Å². The number of aryl methyl sites for hydroxylation is 1. The maximum atomic E-state index is 10.6. The van der Waals surface area contributed by atoms with Gasteiger partial charge < -0.3 is 5.11 Å². The lowest BCUT2D eigenvalue weighted by molar-refractivity contribution is 0.477. The van der Waals surface area contributed by atoms with Gasteiger partial charge in [-0.15, -0.1) is 0 Å². The lowest BCUT2D eigenvalue weighted by atomic mass is 9.85. The number of para-hydroxylation sites is 1. The zero-order valence-electron chi connectivity index (χ0n) is 27.8. The maximum absolute atomic E-state index is 10.6. The Morgan fingerprint density at radius 3 is 1.30 bits per heavy atom. The van der Waals surface area contributed by atoms with Crippen LogP contribution in [0.25, 0.3) is 88.0 Å². The largest absolute Gasteiger partial charge is 0.507 e. The Morgan fingerprint density at radius 2 is 0.740 bits per heavy atom. The quantitative estimate of drug-likeness (QED) is 0.186. The van der Waals surface area contributed by atoms with Crippen LogP contribution in [0.4, 0.5) is 0 Å². The van der Waals surface area contributed by atoms with E-state index in [-0.39, 0.29) is 0 Å². The Morgan fingerprint density at radius 1 is 0.320 bits per heavy atom. The molecule has 1 N–H and O–H groups in total. The van der Waals surface area contributed by atoms with Crippen molar-refractivity contribution in [2.45, 2.75) is 6.92 Å². The van der Waals surface area contributed by atoms with E-state index < -0.39 is 0 Å². The summed E-state index contributed by atoms with van der Waals surface area (Å²) in [5, 5.41) is 18.1. The van der Waals surface area contributed by atoms with Crippen LogP contribution in [0.15, 0.2) is 182 Å². The van der Waals surface area contributed by atoms with Crippen LogP contribution >= 0.6 is 0 Å². The van der Waals surface area contributed by atoms with E-state index in [2.05, 4.69) is 165 Å². The lowest BCUT2D eigenvalue weighted by Crippen LogP contribution is -1.91. The van der Waals surface area contributed by atoms with E-state index in [1.807, 2.05) is 18.2 Å². The van der Waals surface area contributed by atoms with Gasteiger partial charge in [-0.25, -0.2) is 0 Å². The molecule has 0 saturated heterocycles. The number of rotatable bonds is 5. The fourth-order valence-corrected chi connectivity index (χ4v) is 7.57. The summed E-state index contributed by atoms with van der Waals surface area (Å²) in [4.78, 5) is 0. The Bertz CT molecular complexity index is 2640. The average Bonchev–Trinajstić information content (AvgIpc) is 3.17. The standard InChI is InChI=1S/C49H34O/c1-32-18-19-40(31-46(32)41-12-8-9-17-47(41)50)35-22-27-37(28-23-35)49-44-15-6-4-13-42(44)48(43-14-5-7-16-45(43)49)36-25-20-34(21-26-36)39-29-24-33-10-2-3-11-38(33)30-39/h2-31,50H,1H3. The second-order valence-electron chi connectivity index (χ2n) is 13.1. The highest BCUT2D eigenvalue weighted by Gasteiger charge is 2.17. The monoisotopic (exact) mass is 638 g/mol. The average molecular weight is 639 g/mol. The van der Waals surface area contributed by atoms with Gasteiger partial charge in [-0.1, -0.05) is 164 Å². The zero-order valence-corrected chi connectivity index (χ0v) is 27.8. The van der Waals surface area contributed by atoms with Crippen molar-refractivity contribution < 1.29 is 5.11 Å². The summed E-state index contributed by atoms with van der Waals surface area (Å²) in [5.74, 6) is 0.297. The predicted molar refractivity (Wildman–Crippen MR) is 213 cm³/mol. The highest BCUT2D eigenvalue weighted by molar-refractivity contribution is 6.21. The Balaban J connectivity index is 1.14. The van der Waals surface area contributed by atoms with Crippen molar-refractivity contribution in [3.63, 3.8) is 0 Å². The van der Waals surface area contributed by atoms with Crippen LogP contribution in [0, 0.1) is 6.92 Å². The summed E-state index contributed by atoms with van der Waals surface area (Å²) in [5.41, 5.74) is 12.6. The van der Waals surface area contributed by atoms with Crippen molar-refractivity contribution in [3.8, 4) is 61.4 Å². The number of phenols is 1. The molecule has 0 amide bonds. The summed E-state index contributed by atoms with van der Waals surface area (Å²) >= 11 is 0. The first-order valence-corrected chi connectivity index (χ1v) is 17.2. The van der Waals surface area contributed by atoms with Gasteiger partial charge in [-0.2, -0.15) is 0 Å². The number of hydrogen-bond acceptors (Lipinski definition) is 1. The first kappa shape index (κ1) is 29.7. The molecule has 0 atom stereocenters. The SMILES string of the molecule is Cc1ccc(-c2ccc(-c3c4ccccc4c(-c4ccc(-c5ccc6ccccc6c5)cc4)c4ccccc34)cc2)cc1-c1ccccc1O. The topological polar surface area (TPSA) is 20.2 Å². The van der Waals surface area contributed by atoms with Gasteiger partial charge in [0, 0.05) is 5.56 Å². The molecular formula is C49H34O. The van der Waals surface area contributed by atoms with Gasteiger partial charge in [-0.3, -0.25) is 0 Å². The van der Waals surface area contributed by atoms with Crippen molar-refractivity contribution in [3.05, 3.63) is 188 Å². The summed E-state index contributed by atoms with van der Waals surface area (Å²) in [6.45, 7) is 2.09. The van der Waals surface area contributed by atoms with Gasteiger partial charge in [0.05, 0.1) is 0 Å². The Hall–Kier alpha value is -6.44. The van der Waals surface area contributed by atoms with Crippen LogP contribution in [-0.2, 0) is 0 Å². The number of aromatic hydroxyl groups is 1. The molecule has 0 heterocycles. The van der Waals surface area contributed by atoms with Gasteiger partial charge >= 0.3 is 0 Å². The highest BCUT2D eigenvalue weighted by atomic mass is 16.3. The Kier molecular flexibility index (Phi) is 7.25. The molecule has 0 aliphatic heterocycles. The molecule has 9 aromatic rings. The van der Waals surface area contributed by atoms with Crippen molar-refractivity contribution in [2.24, 2.45) is 0 Å². The van der Waals surface area contributed by atoms with E-state index in [0.29, 0.717) is 5.75 Å². The molecule has 0 spiro atoms. The molecule has 0 radical (unpaired) electrons. The first-order valence-electron chi connectivity index (χ1n) is 17.2. The van der Waals surface area contributed by atoms with Gasteiger partial charge in [0.15, 0.2) is 0 Å². The molecule has 1 heteroatoms. The minimum atomic E-state index is 0.297. The third-order valence-electron chi connectivity index (χ3n) is 10.1. The zero-order chi connectivity index (χ0) is 33.6. The smallest absolute Gasteiger partial charge is 0.123 e. The fraction of sp³-hybridized carbons (Fsp3) is 0.0204. The van der Waals surface area contributed by atoms with Gasteiger partial charge in [0.1, 0.15) is 5.75 Å². The van der Waals surface area contributed by atoms with Gasteiger partial charge in [0.25, 0.3) is 0 Å². The molecule has 0 fully saturated rings. The van der Waals surface area contributed by atoms with Gasteiger partial charge in [-0.05, 0) is 113 Å². The maximum Gasteiger partial charge on any atom is 0.123 e. The molecule has 0 saturated carbocycles. The molecule has 0 aliphatic carbocycles. The molecule has 0 aromatic heterocycles. The van der Waals surface area contributed by atoms with Crippen LogP contribution in [0.3, 0.4) is 0 Å².